The summed E-state index contributed by atoms with van der Waals surface area (Å²) < 4.78 is 1.49. The molecule has 0 radical (unpaired) electrons. The number of carboxylic acid groups (broad SMARTS) is 1. The summed E-state index contributed by atoms with van der Waals surface area (Å²) in [6.07, 6.45) is 2.00. The van der Waals surface area contributed by atoms with Crippen LogP contribution >= 0.6 is 22.9 Å². The number of benzene rings is 2. The van der Waals surface area contributed by atoms with Crippen LogP contribution in [0.2, 0.25) is 5.15 Å². The fraction of sp³-hybridized carbons (Fsp3) is 0.174. The van der Waals surface area contributed by atoms with E-state index >= 15 is 0 Å². The minimum atomic E-state index is -1.05. The van der Waals surface area contributed by atoms with Gasteiger partial charge in [-0.15, -0.1) is 11.3 Å². The molecule has 0 atom stereocenters. The smallest absolute Gasteiger partial charge is 0.346 e. The van der Waals surface area contributed by atoms with Crippen molar-refractivity contribution in [2.45, 2.75) is 19.8 Å². The van der Waals surface area contributed by atoms with Gasteiger partial charge in [-0.2, -0.15) is 0 Å². The molecular weight excluding hydrogens is 434 g/mol. The molecule has 2 aromatic heterocycles. The van der Waals surface area contributed by atoms with Gasteiger partial charge in [0.25, 0.3) is 5.56 Å². The van der Waals surface area contributed by atoms with Crippen LogP contribution in [-0.2, 0) is 6.42 Å². The zero-order valence-electron chi connectivity index (χ0n) is 16.6. The van der Waals surface area contributed by atoms with Gasteiger partial charge in [0.15, 0.2) is 5.15 Å². The van der Waals surface area contributed by atoms with Crippen LogP contribution in [-0.4, -0.2) is 27.2 Å². The molecule has 1 aliphatic heterocycles. The highest BCUT2D eigenvalue weighted by Crippen LogP contribution is 2.36. The Labute approximate surface area is 187 Å². The van der Waals surface area contributed by atoms with Crippen LogP contribution in [0.15, 0.2) is 53.3 Å². The Bertz CT molecular complexity index is 1390. The van der Waals surface area contributed by atoms with Crippen molar-refractivity contribution in [2.24, 2.45) is 0 Å². The van der Waals surface area contributed by atoms with Gasteiger partial charge in [-0.05, 0) is 49.6 Å². The van der Waals surface area contributed by atoms with E-state index in [4.69, 9.17) is 11.6 Å². The summed E-state index contributed by atoms with van der Waals surface area (Å²) in [5.74, 6) is -1.05. The second-order valence-corrected chi connectivity index (χ2v) is 8.82. The number of fused-ring (bicyclic) bond motifs is 2. The number of rotatable bonds is 3. The maximum atomic E-state index is 13.0. The van der Waals surface area contributed by atoms with E-state index in [0.717, 1.165) is 42.1 Å². The molecule has 4 aromatic rings. The molecule has 5 rings (SSSR count). The van der Waals surface area contributed by atoms with Crippen LogP contribution in [0.1, 0.15) is 27.2 Å². The number of thiophene rings is 1. The molecule has 1 N–H and O–H groups in total. The average Bonchev–Trinajstić information content (AvgIpc) is 3.10. The van der Waals surface area contributed by atoms with Crippen molar-refractivity contribution in [3.8, 4) is 5.69 Å². The van der Waals surface area contributed by atoms with Crippen molar-refractivity contribution in [1.29, 1.82) is 0 Å². The van der Waals surface area contributed by atoms with E-state index in [1.807, 2.05) is 36.4 Å². The molecule has 31 heavy (non-hydrogen) atoms. The highest BCUT2D eigenvalue weighted by molar-refractivity contribution is 7.20. The van der Waals surface area contributed by atoms with Crippen LogP contribution in [0, 0.1) is 6.92 Å². The van der Waals surface area contributed by atoms with E-state index in [1.165, 1.54) is 10.1 Å². The first-order valence-corrected chi connectivity index (χ1v) is 11.1. The second-order valence-electron chi connectivity index (χ2n) is 7.46. The third-order valence-corrected chi connectivity index (χ3v) is 7.02. The van der Waals surface area contributed by atoms with E-state index in [1.54, 1.807) is 6.92 Å². The Hall–Kier alpha value is -3.16. The summed E-state index contributed by atoms with van der Waals surface area (Å²) >= 11 is 7.18. The Kier molecular flexibility index (Phi) is 4.79. The van der Waals surface area contributed by atoms with Crippen molar-refractivity contribution in [1.82, 2.24) is 9.55 Å². The second kappa shape index (κ2) is 7.51. The predicted molar refractivity (Wildman–Crippen MR) is 124 cm³/mol. The maximum absolute atomic E-state index is 13.0. The molecule has 0 saturated heterocycles. The van der Waals surface area contributed by atoms with Crippen molar-refractivity contribution < 1.29 is 9.90 Å². The molecule has 3 heterocycles. The SMILES string of the molecule is Cc1c(C(=O)O)sc2nc(Cl)c(=O)n(-c3ccc4c(c3)N(c3ccccc3)CCC4)c12. The molecule has 6 nitrogen and oxygen atoms in total. The monoisotopic (exact) mass is 451 g/mol. The van der Waals surface area contributed by atoms with Crippen LogP contribution in [0.3, 0.4) is 0 Å². The van der Waals surface area contributed by atoms with E-state index in [0.29, 0.717) is 21.6 Å². The molecule has 2 aromatic carbocycles. The number of hydrogen-bond donors (Lipinski definition) is 1. The number of carboxylic acids is 1. The molecule has 8 heteroatoms. The first-order valence-electron chi connectivity index (χ1n) is 9.86. The van der Waals surface area contributed by atoms with E-state index in [-0.39, 0.29) is 10.0 Å². The molecule has 0 unspecified atom stereocenters. The Morgan fingerprint density at radius 2 is 1.94 bits per heavy atom. The summed E-state index contributed by atoms with van der Waals surface area (Å²) in [4.78, 5) is 31.7. The molecule has 0 fully saturated rings. The Balaban J connectivity index is 1.76. The van der Waals surface area contributed by atoms with Gasteiger partial charge in [0.1, 0.15) is 9.71 Å². The lowest BCUT2D eigenvalue weighted by Gasteiger charge is -2.32. The van der Waals surface area contributed by atoms with Gasteiger partial charge >= 0.3 is 5.97 Å². The molecular formula is C23H18ClN3O3S. The van der Waals surface area contributed by atoms with Gasteiger partial charge in [-0.1, -0.05) is 35.9 Å². The Morgan fingerprint density at radius 3 is 2.68 bits per heavy atom. The highest BCUT2D eigenvalue weighted by Gasteiger charge is 2.24. The van der Waals surface area contributed by atoms with Crippen LogP contribution in [0.25, 0.3) is 16.0 Å². The van der Waals surface area contributed by atoms with Gasteiger partial charge in [-0.3, -0.25) is 9.36 Å². The standard InChI is InChI=1S/C23H18ClN3O3S/c1-13-18-21(31-19(13)23(29)30)25-20(24)22(28)27(18)16-10-9-14-6-5-11-26(17(14)12-16)15-7-3-2-4-8-15/h2-4,7-10,12H,5-6,11H2,1H3,(H,29,30). The summed E-state index contributed by atoms with van der Waals surface area (Å²) in [7, 11) is 0. The molecule has 0 bridgehead atoms. The molecule has 0 amide bonds. The summed E-state index contributed by atoms with van der Waals surface area (Å²) in [5.41, 5.74) is 4.49. The molecule has 0 aliphatic carbocycles. The molecule has 0 spiro atoms. The highest BCUT2D eigenvalue weighted by atomic mass is 35.5. The summed E-state index contributed by atoms with van der Waals surface area (Å²) in [6, 6.07) is 16.0. The van der Waals surface area contributed by atoms with Gasteiger partial charge in [0.2, 0.25) is 0 Å². The minimum Gasteiger partial charge on any atom is -0.477 e. The number of carbonyl (C=O) groups is 1. The summed E-state index contributed by atoms with van der Waals surface area (Å²) in [6.45, 7) is 2.57. The lowest BCUT2D eigenvalue weighted by Crippen LogP contribution is -2.26. The molecule has 1 aliphatic rings. The zero-order valence-corrected chi connectivity index (χ0v) is 18.2. The quantitative estimate of drug-likeness (QED) is 0.463. The third kappa shape index (κ3) is 3.21. The van der Waals surface area contributed by atoms with Gasteiger partial charge < -0.3 is 10.0 Å². The van der Waals surface area contributed by atoms with Crippen LogP contribution in [0.5, 0.6) is 0 Å². The number of anilines is 2. The topological polar surface area (TPSA) is 75.4 Å². The number of nitrogens with zero attached hydrogens (tertiary/aromatic N) is 3. The largest absolute Gasteiger partial charge is 0.477 e. The lowest BCUT2D eigenvalue weighted by atomic mass is 10.00. The third-order valence-electron chi connectivity index (χ3n) is 5.61. The number of hydrogen-bond acceptors (Lipinski definition) is 5. The minimum absolute atomic E-state index is 0.154. The van der Waals surface area contributed by atoms with Crippen molar-refractivity contribution in [3.63, 3.8) is 0 Å². The number of aryl methyl sites for hydroxylation is 2. The normalized spacial score (nSPS) is 13.4. The number of halogens is 1. The van der Waals surface area contributed by atoms with E-state index < -0.39 is 11.5 Å². The van der Waals surface area contributed by atoms with Crippen molar-refractivity contribution >= 4 is 50.6 Å². The van der Waals surface area contributed by atoms with Crippen LogP contribution < -0.4 is 10.5 Å². The number of aromatic nitrogens is 2. The molecule has 156 valence electrons. The fourth-order valence-electron chi connectivity index (χ4n) is 4.19. The van der Waals surface area contributed by atoms with E-state index in [2.05, 4.69) is 22.0 Å². The first kappa shape index (κ1) is 19.8. The van der Waals surface area contributed by atoms with Gasteiger partial charge in [0, 0.05) is 23.5 Å². The fourth-order valence-corrected chi connectivity index (χ4v) is 5.42. The maximum Gasteiger partial charge on any atom is 0.346 e. The van der Waals surface area contributed by atoms with Gasteiger partial charge in [0.05, 0.1) is 11.2 Å². The first-order chi connectivity index (χ1) is 15.0. The number of para-hydroxylation sites is 1. The van der Waals surface area contributed by atoms with Gasteiger partial charge in [-0.25, -0.2) is 9.78 Å². The van der Waals surface area contributed by atoms with Crippen molar-refractivity contribution in [3.05, 3.63) is 80.0 Å². The predicted octanol–water partition coefficient (Wildman–Crippen LogP) is 5.19. The summed E-state index contributed by atoms with van der Waals surface area (Å²) in [5, 5.41) is 9.36. The van der Waals surface area contributed by atoms with E-state index in [9.17, 15) is 14.7 Å². The lowest BCUT2D eigenvalue weighted by molar-refractivity contribution is 0.0701. The Morgan fingerprint density at radius 1 is 1.16 bits per heavy atom. The van der Waals surface area contributed by atoms with Crippen molar-refractivity contribution in [2.75, 3.05) is 11.4 Å². The number of aromatic carboxylic acids is 1. The zero-order chi connectivity index (χ0) is 21.7. The van der Waals surface area contributed by atoms with Crippen LogP contribution in [0.4, 0.5) is 11.4 Å². The molecule has 0 saturated carbocycles. The average molecular weight is 452 g/mol.